The molecule has 2 aliphatic rings. The number of carbonyl (C=O) groups is 1. The van der Waals surface area contributed by atoms with Gasteiger partial charge in [-0.1, -0.05) is 0 Å². The number of hydrogen-bond acceptors (Lipinski definition) is 5. The number of rotatable bonds is 5. The van der Waals surface area contributed by atoms with Crippen LogP contribution in [0.1, 0.15) is 23.2 Å². The molecule has 1 saturated carbocycles. The monoisotopic (exact) mass is 374 g/mol. The number of amides is 1. The zero-order valence-corrected chi connectivity index (χ0v) is 14.7. The van der Waals surface area contributed by atoms with Crippen molar-refractivity contribution < 1.29 is 22.7 Å². The number of benzene rings is 2. The highest BCUT2D eigenvalue weighted by Gasteiger charge is 2.24. The summed E-state index contributed by atoms with van der Waals surface area (Å²) in [4.78, 5) is 12.1. The summed E-state index contributed by atoms with van der Waals surface area (Å²) in [6, 6.07) is 11.0. The summed E-state index contributed by atoms with van der Waals surface area (Å²) in [6.07, 6.45) is 2.00. The van der Waals surface area contributed by atoms with Gasteiger partial charge in [-0.15, -0.1) is 0 Å². The minimum absolute atomic E-state index is 0.0790. The molecule has 1 aliphatic carbocycles. The average molecular weight is 374 g/mol. The Labute approximate surface area is 151 Å². The van der Waals surface area contributed by atoms with Crippen LogP contribution < -0.4 is 19.5 Å². The molecule has 1 fully saturated rings. The number of anilines is 1. The lowest BCUT2D eigenvalue weighted by molar-refractivity contribution is 0.0951. The molecule has 136 valence electrons. The maximum Gasteiger partial charge on any atom is 0.261 e. The van der Waals surface area contributed by atoms with E-state index >= 15 is 0 Å². The van der Waals surface area contributed by atoms with Crippen LogP contribution in [0.2, 0.25) is 0 Å². The van der Waals surface area contributed by atoms with E-state index in [0.29, 0.717) is 36.0 Å². The van der Waals surface area contributed by atoms with Crippen molar-refractivity contribution in [3.8, 4) is 11.5 Å². The van der Waals surface area contributed by atoms with E-state index in [9.17, 15) is 13.2 Å². The van der Waals surface area contributed by atoms with Gasteiger partial charge in [0.1, 0.15) is 13.2 Å². The zero-order valence-electron chi connectivity index (χ0n) is 13.9. The molecule has 26 heavy (non-hydrogen) atoms. The summed E-state index contributed by atoms with van der Waals surface area (Å²) >= 11 is 0. The van der Waals surface area contributed by atoms with E-state index < -0.39 is 10.0 Å². The quantitative estimate of drug-likeness (QED) is 0.836. The van der Waals surface area contributed by atoms with Crippen LogP contribution in [0, 0.1) is 0 Å². The Hall–Kier alpha value is -2.74. The van der Waals surface area contributed by atoms with Gasteiger partial charge in [-0.25, -0.2) is 8.42 Å². The smallest absolute Gasteiger partial charge is 0.261 e. The van der Waals surface area contributed by atoms with Crippen molar-refractivity contribution in [3.05, 3.63) is 48.0 Å². The summed E-state index contributed by atoms with van der Waals surface area (Å²) < 4.78 is 38.5. The van der Waals surface area contributed by atoms with Crippen LogP contribution >= 0.6 is 0 Å². The van der Waals surface area contributed by atoms with Crippen LogP contribution in [0.5, 0.6) is 11.5 Å². The van der Waals surface area contributed by atoms with Crippen LogP contribution in [0.4, 0.5) is 5.69 Å². The largest absolute Gasteiger partial charge is 0.486 e. The van der Waals surface area contributed by atoms with Gasteiger partial charge in [0.2, 0.25) is 0 Å². The maximum absolute atomic E-state index is 12.6. The van der Waals surface area contributed by atoms with Gasteiger partial charge < -0.3 is 14.8 Å². The van der Waals surface area contributed by atoms with E-state index in [2.05, 4.69) is 10.0 Å². The van der Waals surface area contributed by atoms with Gasteiger partial charge in [-0.05, 0) is 49.2 Å². The van der Waals surface area contributed by atoms with Crippen LogP contribution in [-0.4, -0.2) is 33.6 Å². The average Bonchev–Trinajstić information content (AvgIpc) is 3.45. The van der Waals surface area contributed by atoms with Crippen molar-refractivity contribution in [2.75, 3.05) is 17.9 Å². The second kappa shape index (κ2) is 6.53. The third kappa shape index (κ3) is 3.60. The molecule has 0 atom stereocenters. The third-order valence-corrected chi connectivity index (χ3v) is 5.53. The van der Waals surface area contributed by atoms with Gasteiger partial charge in [0, 0.05) is 17.7 Å². The molecular weight excluding hydrogens is 356 g/mol. The van der Waals surface area contributed by atoms with Crippen LogP contribution in [0.15, 0.2) is 47.4 Å². The molecular formula is C18H18N2O5S. The van der Waals surface area contributed by atoms with Gasteiger partial charge in [0.15, 0.2) is 11.5 Å². The van der Waals surface area contributed by atoms with Crippen molar-refractivity contribution in [1.29, 1.82) is 0 Å². The molecule has 8 heteroatoms. The zero-order chi connectivity index (χ0) is 18.1. The number of hydrogen-bond donors (Lipinski definition) is 2. The first-order valence-electron chi connectivity index (χ1n) is 8.35. The number of nitrogens with one attached hydrogen (secondary N) is 2. The molecule has 0 spiro atoms. The molecule has 7 nitrogen and oxygen atoms in total. The van der Waals surface area contributed by atoms with Crippen molar-refractivity contribution in [3.63, 3.8) is 0 Å². The molecule has 4 rings (SSSR count). The van der Waals surface area contributed by atoms with Crippen LogP contribution in [0.25, 0.3) is 0 Å². The molecule has 0 aromatic heterocycles. The van der Waals surface area contributed by atoms with Crippen molar-refractivity contribution >= 4 is 21.6 Å². The Bertz CT molecular complexity index is 937. The molecule has 2 N–H and O–H groups in total. The highest BCUT2D eigenvalue weighted by Crippen LogP contribution is 2.33. The summed E-state index contributed by atoms with van der Waals surface area (Å²) in [7, 11) is -3.77. The Morgan fingerprint density at radius 3 is 2.35 bits per heavy atom. The van der Waals surface area contributed by atoms with E-state index in [1.165, 1.54) is 24.3 Å². The lowest BCUT2D eigenvalue weighted by Gasteiger charge is -2.19. The maximum atomic E-state index is 12.6. The Balaban J connectivity index is 1.50. The predicted octanol–water partition coefficient (Wildman–Crippen LogP) is 2.15. The van der Waals surface area contributed by atoms with Crippen molar-refractivity contribution in [2.24, 2.45) is 0 Å². The topological polar surface area (TPSA) is 93.7 Å². The number of fused-ring (bicyclic) bond motifs is 1. The molecule has 2 aromatic rings. The molecule has 1 aliphatic heterocycles. The summed E-state index contributed by atoms with van der Waals surface area (Å²) in [5.41, 5.74) is 0.819. The second-order valence-electron chi connectivity index (χ2n) is 6.24. The standard InChI is InChI=1S/C18H18N2O5S/c21-18(19-13-3-4-13)12-1-6-15(7-2-12)26(22,23)20-14-5-8-16-17(11-14)25-10-9-24-16/h1-2,5-8,11,13,20H,3-4,9-10H2,(H,19,21). The first-order chi connectivity index (χ1) is 12.5. The molecule has 0 unspecified atom stereocenters. The van der Waals surface area contributed by atoms with E-state index in [1.54, 1.807) is 18.2 Å². The summed E-state index contributed by atoms with van der Waals surface area (Å²) in [6.45, 7) is 0.895. The van der Waals surface area contributed by atoms with Crippen LogP contribution in [0.3, 0.4) is 0 Å². The highest BCUT2D eigenvalue weighted by molar-refractivity contribution is 7.92. The second-order valence-corrected chi connectivity index (χ2v) is 7.92. The first-order valence-corrected chi connectivity index (χ1v) is 9.83. The predicted molar refractivity (Wildman–Crippen MR) is 95.2 cm³/mol. The minimum Gasteiger partial charge on any atom is -0.486 e. The fourth-order valence-corrected chi connectivity index (χ4v) is 3.65. The lowest BCUT2D eigenvalue weighted by Crippen LogP contribution is -2.25. The molecule has 1 amide bonds. The fourth-order valence-electron chi connectivity index (χ4n) is 2.60. The first kappa shape index (κ1) is 16.7. The fraction of sp³-hybridized carbons (Fsp3) is 0.278. The Kier molecular flexibility index (Phi) is 4.20. The van der Waals surface area contributed by atoms with Crippen molar-refractivity contribution in [1.82, 2.24) is 5.32 Å². The number of sulfonamides is 1. The molecule has 2 aromatic carbocycles. The van der Waals surface area contributed by atoms with E-state index in [1.807, 2.05) is 0 Å². The molecule has 0 saturated heterocycles. The molecule has 1 heterocycles. The van der Waals surface area contributed by atoms with E-state index in [4.69, 9.17) is 9.47 Å². The number of carbonyl (C=O) groups excluding carboxylic acids is 1. The van der Waals surface area contributed by atoms with E-state index in [0.717, 1.165) is 12.8 Å². The summed E-state index contributed by atoms with van der Waals surface area (Å²) in [5, 5.41) is 2.87. The van der Waals surface area contributed by atoms with Gasteiger partial charge in [-0.3, -0.25) is 9.52 Å². The van der Waals surface area contributed by atoms with Gasteiger partial charge in [0.25, 0.3) is 15.9 Å². The Morgan fingerprint density at radius 2 is 1.65 bits per heavy atom. The Morgan fingerprint density at radius 1 is 0.962 bits per heavy atom. The third-order valence-electron chi connectivity index (χ3n) is 4.13. The minimum atomic E-state index is -3.77. The number of ether oxygens (including phenoxy) is 2. The normalized spacial score (nSPS) is 16.0. The highest BCUT2D eigenvalue weighted by atomic mass is 32.2. The van der Waals surface area contributed by atoms with Gasteiger partial charge >= 0.3 is 0 Å². The summed E-state index contributed by atoms with van der Waals surface area (Å²) in [5.74, 6) is 0.907. The molecule has 0 bridgehead atoms. The molecule has 0 radical (unpaired) electrons. The van der Waals surface area contributed by atoms with Crippen molar-refractivity contribution in [2.45, 2.75) is 23.8 Å². The lowest BCUT2D eigenvalue weighted by atomic mass is 10.2. The van der Waals surface area contributed by atoms with Gasteiger partial charge in [0.05, 0.1) is 10.6 Å². The van der Waals surface area contributed by atoms with Crippen LogP contribution in [-0.2, 0) is 10.0 Å². The van der Waals surface area contributed by atoms with E-state index in [-0.39, 0.29) is 16.8 Å². The van der Waals surface area contributed by atoms with Gasteiger partial charge in [-0.2, -0.15) is 0 Å². The SMILES string of the molecule is O=C(NC1CC1)c1ccc(S(=O)(=O)Nc2ccc3c(c2)OCCO3)cc1.